The Bertz CT molecular complexity index is 649. The Morgan fingerprint density at radius 1 is 1.33 bits per heavy atom. The number of nitrogens with zero attached hydrogens (tertiary/aromatic N) is 2. The highest BCUT2D eigenvalue weighted by molar-refractivity contribution is 5.94. The van der Waals surface area contributed by atoms with Crippen LogP contribution in [0.4, 0.5) is 0 Å². The molecule has 1 aromatic carbocycles. The smallest absolute Gasteiger partial charge is 0.337 e. The van der Waals surface area contributed by atoms with Gasteiger partial charge in [-0.2, -0.15) is 5.10 Å². The van der Waals surface area contributed by atoms with E-state index in [9.17, 15) is 14.7 Å². The molecule has 0 radical (unpaired) electrons. The van der Waals surface area contributed by atoms with Crippen molar-refractivity contribution in [2.24, 2.45) is 0 Å². The molecule has 7 nitrogen and oxygen atoms in total. The molecule has 0 aliphatic carbocycles. The highest BCUT2D eigenvalue weighted by atomic mass is 16.4. The van der Waals surface area contributed by atoms with Crippen molar-refractivity contribution in [3.63, 3.8) is 0 Å². The van der Waals surface area contributed by atoms with Gasteiger partial charge in [0.05, 0.1) is 24.0 Å². The van der Waals surface area contributed by atoms with Gasteiger partial charge in [-0.25, -0.2) is 9.48 Å². The number of carbonyl (C=O) groups excluding carboxylic acids is 1. The Hall–Kier alpha value is -2.67. The lowest BCUT2D eigenvalue weighted by Gasteiger charge is -2.17. The molecule has 0 aliphatic heterocycles. The van der Waals surface area contributed by atoms with E-state index < -0.39 is 24.0 Å². The largest absolute Gasteiger partial charge is 0.479 e. The standard InChI is InChI=1S/C14H15N3O4/c1-14(21,13(19)20)9-15-12(18)10-7-16-17(8-10)11-5-3-2-4-6-11/h2-8,21H,9H2,1H3,(H,15,18)(H,19,20). The fourth-order valence-electron chi connectivity index (χ4n) is 1.59. The first-order valence-corrected chi connectivity index (χ1v) is 6.24. The van der Waals surface area contributed by atoms with E-state index in [4.69, 9.17) is 5.11 Å². The van der Waals surface area contributed by atoms with Gasteiger partial charge in [0.25, 0.3) is 5.91 Å². The highest BCUT2D eigenvalue weighted by Crippen LogP contribution is 2.08. The maximum Gasteiger partial charge on any atom is 0.337 e. The normalized spacial score (nSPS) is 13.4. The molecule has 7 heteroatoms. The van der Waals surface area contributed by atoms with Crippen LogP contribution in [-0.2, 0) is 4.79 Å². The van der Waals surface area contributed by atoms with Crippen molar-refractivity contribution >= 4 is 11.9 Å². The molecule has 2 rings (SSSR count). The minimum absolute atomic E-state index is 0.278. The average Bonchev–Trinajstić information content (AvgIpc) is 2.95. The maximum absolute atomic E-state index is 11.9. The Balaban J connectivity index is 2.05. The first-order valence-electron chi connectivity index (χ1n) is 6.24. The van der Waals surface area contributed by atoms with Crippen LogP contribution in [0.5, 0.6) is 0 Å². The van der Waals surface area contributed by atoms with Gasteiger partial charge in [-0.1, -0.05) is 18.2 Å². The summed E-state index contributed by atoms with van der Waals surface area (Å²) in [5, 5.41) is 24.7. The highest BCUT2D eigenvalue weighted by Gasteiger charge is 2.30. The summed E-state index contributed by atoms with van der Waals surface area (Å²) >= 11 is 0. The van der Waals surface area contributed by atoms with E-state index in [0.29, 0.717) is 0 Å². The number of aromatic nitrogens is 2. The minimum atomic E-state index is -2.01. The number of aliphatic carboxylic acids is 1. The lowest BCUT2D eigenvalue weighted by atomic mass is 10.1. The second-order valence-electron chi connectivity index (χ2n) is 4.77. The first kappa shape index (κ1) is 14.7. The summed E-state index contributed by atoms with van der Waals surface area (Å²) in [5.41, 5.74) is -0.931. The van der Waals surface area contributed by atoms with Crippen molar-refractivity contribution in [2.75, 3.05) is 6.54 Å². The molecule has 0 saturated carbocycles. The third kappa shape index (κ3) is 3.46. The summed E-state index contributed by atoms with van der Waals surface area (Å²) in [4.78, 5) is 22.6. The predicted molar refractivity (Wildman–Crippen MR) is 74.2 cm³/mol. The first-order chi connectivity index (χ1) is 9.90. The number of carboxylic acid groups (broad SMARTS) is 1. The van der Waals surface area contributed by atoms with Crippen molar-refractivity contribution in [3.8, 4) is 5.69 Å². The SMILES string of the molecule is CC(O)(CNC(=O)c1cnn(-c2ccccc2)c1)C(=O)O. The van der Waals surface area contributed by atoms with E-state index in [1.807, 2.05) is 30.3 Å². The average molecular weight is 289 g/mol. The van der Waals surface area contributed by atoms with Crippen LogP contribution in [0.2, 0.25) is 0 Å². The number of para-hydroxylation sites is 1. The van der Waals surface area contributed by atoms with Crippen LogP contribution in [0.25, 0.3) is 5.69 Å². The number of carboxylic acids is 1. The molecule has 2 aromatic rings. The fourth-order valence-corrected chi connectivity index (χ4v) is 1.59. The molecule has 1 amide bonds. The number of amides is 1. The second-order valence-corrected chi connectivity index (χ2v) is 4.77. The van der Waals surface area contributed by atoms with Crippen LogP contribution in [0.15, 0.2) is 42.7 Å². The predicted octanol–water partition coefficient (Wildman–Crippen LogP) is 0.438. The molecular formula is C14H15N3O4. The van der Waals surface area contributed by atoms with E-state index >= 15 is 0 Å². The van der Waals surface area contributed by atoms with Crippen molar-refractivity contribution < 1.29 is 19.8 Å². The van der Waals surface area contributed by atoms with Crippen molar-refractivity contribution in [1.29, 1.82) is 0 Å². The Morgan fingerprint density at radius 2 is 2.00 bits per heavy atom. The molecule has 110 valence electrons. The number of aliphatic hydroxyl groups is 1. The zero-order valence-corrected chi connectivity index (χ0v) is 11.4. The van der Waals surface area contributed by atoms with E-state index in [2.05, 4.69) is 10.4 Å². The van der Waals surface area contributed by atoms with Gasteiger partial charge in [0, 0.05) is 6.20 Å². The molecule has 0 spiro atoms. The molecule has 1 atom stereocenters. The zero-order valence-electron chi connectivity index (χ0n) is 11.4. The quantitative estimate of drug-likeness (QED) is 0.740. The third-order valence-corrected chi connectivity index (χ3v) is 2.92. The number of carbonyl (C=O) groups is 2. The molecule has 0 bridgehead atoms. The number of rotatable bonds is 5. The Labute approximate surface area is 120 Å². The lowest BCUT2D eigenvalue weighted by Crippen LogP contribution is -2.46. The van der Waals surface area contributed by atoms with Crippen LogP contribution in [0, 0.1) is 0 Å². The van der Waals surface area contributed by atoms with Crippen molar-refractivity contribution in [3.05, 3.63) is 48.3 Å². The van der Waals surface area contributed by atoms with Gasteiger partial charge < -0.3 is 15.5 Å². The van der Waals surface area contributed by atoms with Gasteiger partial charge in [0.15, 0.2) is 5.60 Å². The Morgan fingerprint density at radius 3 is 2.62 bits per heavy atom. The van der Waals surface area contributed by atoms with Crippen LogP contribution >= 0.6 is 0 Å². The third-order valence-electron chi connectivity index (χ3n) is 2.92. The van der Waals surface area contributed by atoms with Crippen molar-refractivity contribution in [2.45, 2.75) is 12.5 Å². The van der Waals surface area contributed by atoms with Crippen LogP contribution in [-0.4, -0.2) is 44.0 Å². The minimum Gasteiger partial charge on any atom is -0.479 e. The van der Waals surface area contributed by atoms with Gasteiger partial charge >= 0.3 is 5.97 Å². The van der Waals surface area contributed by atoms with Gasteiger partial charge in [-0.05, 0) is 19.1 Å². The monoisotopic (exact) mass is 289 g/mol. The van der Waals surface area contributed by atoms with E-state index in [1.165, 1.54) is 17.1 Å². The van der Waals surface area contributed by atoms with Crippen LogP contribution in [0.1, 0.15) is 17.3 Å². The molecule has 21 heavy (non-hydrogen) atoms. The topological polar surface area (TPSA) is 104 Å². The van der Waals surface area contributed by atoms with Crippen molar-refractivity contribution in [1.82, 2.24) is 15.1 Å². The molecule has 0 aliphatic rings. The number of benzene rings is 1. The second kappa shape index (κ2) is 5.76. The van der Waals surface area contributed by atoms with Crippen LogP contribution in [0.3, 0.4) is 0 Å². The van der Waals surface area contributed by atoms with E-state index in [1.54, 1.807) is 0 Å². The lowest BCUT2D eigenvalue weighted by molar-refractivity contribution is -0.155. The van der Waals surface area contributed by atoms with Crippen LogP contribution < -0.4 is 5.32 Å². The fraction of sp³-hybridized carbons (Fsp3) is 0.214. The van der Waals surface area contributed by atoms with Gasteiger partial charge in [-0.15, -0.1) is 0 Å². The molecule has 0 saturated heterocycles. The number of hydrogen-bond acceptors (Lipinski definition) is 4. The van der Waals surface area contributed by atoms with Gasteiger partial charge in [0.1, 0.15) is 0 Å². The summed E-state index contributed by atoms with van der Waals surface area (Å²) in [5.74, 6) is -1.90. The summed E-state index contributed by atoms with van der Waals surface area (Å²) in [6.07, 6.45) is 2.90. The summed E-state index contributed by atoms with van der Waals surface area (Å²) < 4.78 is 1.53. The number of hydrogen-bond donors (Lipinski definition) is 3. The Kier molecular flexibility index (Phi) is 4.04. The molecule has 1 aromatic heterocycles. The maximum atomic E-state index is 11.9. The molecule has 0 fully saturated rings. The summed E-state index contributed by atoms with van der Waals surface area (Å²) in [7, 11) is 0. The molecular weight excluding hydrogens is 274 g/mol. The number of nitrogens with one attached hydrogen (secondary N) is 1. The van der Waals surface area contributed by atoms with E-state index in [-0.39, 0.29) is 5.56 Å². The zero-order chi connectivity index (χ0) is 15.5. The van der Waals surface area contributed by atoms with Gasteiger partial charge in [0.2, 0.25) is 0 Å². The van der Waals surface area contributed by atoms with E-state index in [0.717, 1.165) is 12.6 Å². The summed E-state index contributed by atoms with van der Waals surface area (Å²) in [6.45, 7) is 0.723. The molecule has 3 N–H and O–H groups in total. The molecule has 1 unspecified atom stereocenters. The molecule has 1 heterocycles. The summed E-state index contributed by atoms with van der Waals surface area (Å²) in [6, 6.07) is 9.24. The van der Waals surface area contributed by atoms with Gasteiger partial charge in [-0.3, -0.25) is 4.79 Å².